The number of aromatic hydroxyl groups is 1. The summed E-state index contributed by atoms with van der Waals surface area (Å²) in [6.45, 7) is 2.13. The number of likely N-dealkylation sites (tertiary alicyclic amines) is 1. The average molecular weight is 668 g/mol. The zero-order valence-corrected chi connectivity index (χ0v) is 27.8. The molecule has 6 atom stereocenters. The fourth-order valence-electron chi connectivity index (χ4n) is 9.02. The van der Waals surface area contributed by atoms with E-state index in [0.717, 1.165) is 21.7 Å². The number of nitrogens with zero attached hydrogens (tertiary/aromatic N) is 2. The van der Waals surface area contributed by atoms with Gasteiger partial charge in [0, 0.05) is 17.5 Å². The molecule has 252 valence electrons. The Morgan fingerprint density at radius 1 is 0.840 bits per heavy atom. The van der Waals surface area contributed by atoms with Crippen molar-refractivity contribution >= 4 is 29.3 Å². The molecule has 2 aliphatic heterocycles. The van der Waals surface area contributed by atoms with Gasteiger partial charge in [0.1, 0.15) is 11.5 Å². The summed E-state index contributed by atoms with van der Waals surface area (Å²) >= 11 is 0. The predicted molar refractivity (Wildman–Crippen MR) is 185 cm³/mol. The SMILES string of the molecule is COc1cc(O)ccc1[C@H]1C2=CC[C@@H]3C(=O)N(Cc4ccccc4)C(=O)[C@@H]3[C@@H]2C[C@H]2C(=O)N(Nc3ccc(C)cc3)C(=O)[C@@]12c1ccccc1. The standard InChI is InChI=1S/C41H37N3O6/c1-24-13-15-27(16-14-24)42-44-38(47)33-22-32-29(19-20-31-35(32)39(48)43(37(31)46)23-25-9-5-3-6-10-25)36(30-18-17-28(45)21-34(30)50-2)41(33,40(44)49)26-11-7-4-8-12-26/h3-19,21,31-33,35-36,42,45H,20,22-23H2,1-2H3/t31-,32+,33-,35-,36+,41+/m0/s1. The third-order valence-electron chi connectivity index (χ3n) is 11.2. The Morgan fingerprint density at radius 2 is 1.54 bits per heavy atom. The molecular formula is C41H37N3O6. The number of fused-ring (bicyclic) bond motifs is 4. The summed E-state index contributed by atoms with van der Waals surface area (Å²) in [5.41, 5.74) is 6.28. The normalized spacial score (nSPS) is 27.1. The number of aryl methyl sites for hydroxylation is 1. The molecule has 0 unspecified atom stereocenters. The molecule has 2 N–H and O–H groups in total. The first-order valence-electron chi connectivity index (χ1n) is 17.0. The third kappa shape index (κ3) is 4.67. The number of anilines is 1. The van der Waals surface area contributed by atoms with Gasteiger partial charge in [0.05, 0.1) is 42.5 Å². The lowest BCUT2D eigenvalue weighted by atomic mass is 9.49. The Morgan fingerprint density at radius 3 is 2.24 bits per heavy atom. The minimum atomic E-state index is -1.43. The fourth-order valence-corrected chi connectivity index (χ4v) is 9.02. The number of benzene rings is 4. The first-order valence-corrected chi connectivity index (χ1v) is 17.0. The number of imide groups is 2. The predicted octanol–water partition coefficient (Wildman–Crippen LogP) is 5.89. The van der Waals surface area contributed by atoms with E-state index in [-0.39, 0.29) is 30.5 Å². The molecule has 0 radical (unpaired) electrons. The summed E-state index contributed by atoms with van der Waals surface area (Å²) in [5, 5.41) is 11.6. The molecule has 3 fully saturated rings. The minimum absolute atomic E-state index is 0.00873. The lowest BCUT2D eigenvalue weighted by Gasteiger charge is -2.50. The van der Waals surface area contributed by atoms with Gasteiger partial charge in [-0.05, 0) is 55.0 Å². The van der Waals surface area contributed by atoms with Gasteiger partial charge in [0.2, 0.25) is 11.8 Å². The molecule has 8 rings (SSSR count). The van der Waals surface area contributed by atoms with Gasteiger partial charge in [-0.1, -0.05) is 96.1 Å². The van der Waals surface area contributed by atoms with Crippen LogP contribution in [0, 0.1) is 30.6 Å². The first-order chi connectivity index (χ1) is 24.2. The smallest absolute Gasteiger partial charge is 0.260 e. The first kappa shape index (κ1) is 31.6. The van der Waals surface area contributed by atoms with Gasteiger partial charge in [-0.3, -0.25) is 29.5 Å². The van der Waals surface area contributed by atoms with Gasteiger partial charge in [0.25, 0.3) is 11.8 Å². The molecule has 2 heterocycles. The van der Waals surface area contributed by atoms with E-state index in [2.05, 4.69) is 5.43 Å². The summed E-state index contributed by atoms with van der Waals surface area (Å²) in [6, 6.07) is 31.1. The highest BCUT2D eigenvalue weighted by Crippen LogP contribution is 2.65. The van der Waals surface area contributed by atoms with Crippen molar-refractivity contribution in [2.45, 2.75) is 37.6 Å². The molecule has 2 aliphatic carbocycles. The van der Waals surface area contributed by atoms with Gasteiger partial charge >= 0.3 is 0 Å². The molecule has 2 saturated heterocycles. The molecule has 9 nitrogen and oxygen atoms in total. The number of hydrogen-bond acceptors (Lipinski definition) is 7. The van der Waals surface area contributed by atoms with Crippen LogP contribution in [-0.4, -0.2) is 45.8 Å². The van der Waals surface area contributed by atoms with Crippen LogP contribution in [-0.2, 0) is 31.1 Å². The number of methoxy groups -OCH3 is 1. The van der Waals surface area contributed by atoms with E-state index in [1.54, 1.807) is 12.1 Å². The molecule has 4 aromatic carbocycles. The Bertz CT molecular complexity index is 2050. The Labute approximate surface area is 290 Å². The molecule has 4 amide bonds. The van der Waals surface area contributed by atoms with Gasteiger partial charge in [0.15, 0.2) is 0 Å². The second-order valence-corrected chi connectivity index (χ2v) is 13.8. The number of rotatable bonds is 7. The second kappa shape index (κ2) is 12.0. The van der Waals surface area contributed by atoms with Crippen LogP contribution < -0.4 is 10.2 Å². The van der Waals surface area contributed by atoms with E-state index >= 15 is 4.79 Å². The number of carbonyl (C=O) groups excluding carboxylic acids is 4. The highest BCUT2D eigenvalue weighted by atomic mass is 16.5. The van der Waals surface area contributed by atoms with Crippen molar-refractivity contribution in [1.82, 2.24) is 9.91 Å². The van der Waals surface area contributed by atoms with Crippen LogP contribution in [0.15, 0.2) is 115 Å². The van der Waals surface area contributed by atoms with Crippen LogP contribution in [0.5, 0.6) is 11.5 Å². The highest BCUT2D eigenvalue weighted by Gasteiger charge is 2.70. The van der Waals surface area contributed by atoms with Gasteiger partial charge in [-0.25, -0.2) is 0 Å². The number of ether oxygens (including phenoxy) is 1. The summed E-state index contributed by atoms with van der Waals surface area (Å²) in [6.07, 6.45) is 2.55. The molecule has 1 saturated carbocycles. The Hall–Kier alpha value is -5.70. The summed E-state index contributed by atoms with van der Waals surface area (Å²) in [5.74, 6) is -4.32. The Balaban J connectivity index is 1.31. The molecule has 0 bridgehead atoms. The zero-order chi connectivity index (χ0) is 34.7. The summed E-state index contributed by atoms with van der Waals surface area (Å²) in [4.78, 5) is 59.7. The van der Waals surface area contributed by atoms with Gasteiger partial charge in [-0.2, -0.15) is 5.01 Å². The molecule has 0 aromatic heterocycles. The minimum Gasteiger partial charge on any atom is -0.508 e. The number of carbonyl (C=O) groups is 4. The number of phenolic OH excluding ortho intramolecular Hbond substituents is 1. The lowest BCUT2D eigenvalue weighted by Crippen LogP contribution is -2.53. The van der Waals surface area contributed by atoms with E-state index in [1.807, 2.05) is 97.9 Å². The van der Waals surface area contributed by atoms with Gasteiger partial charge < -0.3 is 9.84 Å². The average Bonchev–Trinajstić information content (AvgIpc) is 3.50. The number of phenols is 1. The number of hydrogen-bond donors (Lipinski definition) is 2. The quantitative estimate of drug-likeness (QED) is 0.186. The maximum atomic E-state index is 15.3. The topological polar surface area (TPSA) is 116 Å². The molecule has 4 aliphatic rings. The summed E-state index contributed by atoms with van der Waals surface area (Å²) in [7, 11) is 1.50. The second-order valence-electron chi connectivity index (χ2n) is 13.8. The van der Waals surface area contributed by atoms with E-state index in [4.69, 9.17) is 4.74 Å². The monoisotopic (exact) mass is 667 g/mol. The van der Waals surface area contributed by atoms with Crippen LogP contribution in [0.25, 0.3) is 0 Å². The van der Waals surface area contributed by atoms with E-state index in [9.17, 15) is 19.5 Å². The highest BCUT2D eigenvalue weighted by molar-refractivity contribution is 6.13. The Kier molecular flexibility index (Phi) is 7.58. The van der Waals surface area contributed by atoms with Crippen molar-refractivity contribution in [3.05, 3.63) is 137 Å². The van der Waals surface area contributed by atoms with Crippen molar-refractivity contribution < 1.29 is 29.0 Å². The van der Waals surface area contributed by atoms with Crippen molar-refractivity contribution in [3.8, 4) is 11.5 Å². The molecule has 50 heavy (non-hydrogen) atoms. The van der Waals surface area contributed by atoms with Crippen molar-refractivity contribution in [2.75, 3.05) is 12.5 Å². The van der Waals surface area contributed by atoms with Crippen LogP contribution in [0.1, 0.15) is 41.0 Å². The molecule has 9 heteroatoms. The fraction of sp³-hybridized carbons (Fsp3) is 0.268. The molecular weight excluding hydrogens is 630 g/mol. The van der Waals surface area contributed by atoms with Crippen LogP contribution in [0.2, 0.25) is 0 Å². The van der Waals surface area contributed by atoms with Crippen LogP contribution in [0.3, 0.4) is 0 Å². The van der Waals surface area contributed by atoms with Gasteiger partial charge in [-0.15, -0.1) is 0 Å². The lowest BCUT2D eigenvalue weighted by molar-refractivity contribution is -0.142. The zero-order valence-electron chi connectivity index (χ0n) is 27.8. The van der Waals surface area contributed by atoms with E-state index in [0.29, 0.717) is 29.0 Å². The number of hydrazine groups is 1. The van der Waals surface area contributed by atoms with Crippen LogP contribution in [0.4, 0.5) is 5.69 Å². The molecule has 4 aromatic rings. The number of amides is 4. The number of nitrogens with one attached hydrogen (secondary N) is 1. The van der Waals surface area contributed by atoms with Crippen LogP contribution >= 0.6 is 0 Å². The summed E-state index contributed by atoms with van der Waals surface area (Å²) < 4.78 is 5.85. The van der Waals surface area contributed by atoms with E-state index < -0.39 is 46.8 Å². The van der Waals surface area contributed by atoms with Crippen molar-refractivity contribution in [1.29, 1.82) is 0 Å². The van der Waals surface area contributed by atoms with E-state index in [1.165, 1.54) is 18.1 Å². The maximum absolute atomic E-state index is 15.3. The number of allylic oxidation sites excluding steroid dienone is 2. The third-order valence-corrected chi connectivity index (χ3v) is 11.2. The largest absolute Gasteiger partial charge is 0.508 e. The van der Waals surface area contributed by atoms with Crippen molar-refractivity contribution in [2.24, 2.45) is 23.7 Å². The maximum Gasteiger partial charge on any atom is 0.260 e. The molecule has 0 spiro atoms. The van der Waals surface area contributed by atoms with Crippen molar-refractivity contribution in [3.63, 3.8) is 0 Å².